The van der Waals surface area contributed by atoms with E-state index in [1.807, 2.05) is 0 Å². The Kier molecular flexibility index (Phi) is 10.5. The predicted octanol–water partition coefficient (Wildman–Crippen LogP) is 2.55. The van der Waals surface area contributed by atoms with Crippen LogP contribution in [0, 0.1) is 11.6 Å². The van der Waals surface area contributed by atoms with Gasteiger partial charge >= 0.3 is 0 Å². The summed E-state index contributed by atoms with van der Waals surface area (Å²) in [5.74, 6) is -1.28. The van der Waals surface area contributed by atoms with E-state index >= 15 is 0 Å². The van der Waals surface area contributed by atoms with Crippen LogP contribution in [0.2, 0.25) is 0 Å². The fourth-order valence-electron chi connectivity index (χ4n) is 2.66. The summed E-state index contributed by atoms with van der Waals surface area (Å²) in [5.41, 5.74) is 6.42. The summed E-state index contributed by atoms with van der Waals surface area (Å²) < 4.78 is 31.8. The zero-order valence-corrected chi connectivity index (χ0v) is 14.9. The van der Waals surface area contributed by atoms with E-state index in [0.29, 0.717) is 25.3 Å². The zero-order chi connectivity index (χ0) is 18.7. The third-order valence-electron chi connectivity index (χ3n) is 3.99. The lowest BCUT2D eigenvalue weighted by atomic mass is 10.0. The van der Waals surface area contributed by atoms with Gasteiger partial charge in [0, 0.05) is 31.3 Å². The fourth-order valence-corrected chi connectivity index (χ4v) is 2.66. The minimum atomic E-state index is -0.806. The molecule has 25 heavy (non-hydrogen) atoms. The molecule has 0 spiro atoms. The number of benzene rings is 1. The molecular formula is C19H30F2N2O2. The molecule has 1 rings (SSSR count). The van der Waals surface area contributed by atoms with Crippen molar-refractivity contribution in [3.63, 3.8) is 0 Å². The molecule has 6 heteroatoms. The van der Waals surface area contributed by atoms with Crippen molar-refractivity contribution in [2.45, 2.75) is 50.8 Å². The third kappa shape index (κ3) is 9.07. The highest BCUT2D eigenvalue weighted by Crippen LogP contribution is 2.11. The van der Waals surface area contributed by atoms with Crippen molar-refractivity contribution in [3.8, 4) is 0 Å². The second-order valence-corrected chi connectivity index (χ2v) is 6.26. The van der Waals surface area contributed by atoms with Gasteiger partial charge in [0.2, 0.25) is 0 Å². The average Bonchev–Trinajstić information content (AvgIpc) is 2.55. The minimum absolute atomic E-state index is 0.207. The van der Waals surface area contributed by atoms with E-state index in [0.717, 1.165) is 25.3 Å². The Morgan fingerprint density at radius 3 is 2.56 bits per heavy atom. The normalized spacial score (nSPS) is 14.9. The number of aliphatic hydroxyl groups excluding tert-OH is 1. The summed E-state index contributed by atoms with van der Waals surface area (Å²) in [6.45, 7) is 7.17. The quantitative estimate of drug-likeness (QED) is 0.375. The van der Waals surface area contributed by atoms with Gasteiger partial charge in [-0.1, -0.05) is 19.4 Å². The van der Waals surface area contributed by atoms with Crippen molar-refractivity contribution in [2.75, 3.05) is 19.8 Å². The largest absolute Gasteiger partial charge is 0.390 e. The van der Waals surface area contributed by atoms with Gasteiger partial charge in [0.25, 0.3) is 0 Å². The van der Waals surface area contributed by atoms with E-state index in [4.69, 9.17) is 10.5 Å². The van der Waals surface area contributed by atoms with Crippen molar-refractivity contribution in [1.82, 2.24) is 5.32 Å². The van der Waals surface area contributed by atoms with Gasteiger partial charge in [0.15, 0.2) is 0 Å². The summed E-state index contributed by atoms with van der Waals surface area (Å²) in [4.78, 5) is 0. The van der Waals surface area contributed by atoms with E-state index < -0.39 is 23.8 Å². The van der Waals surface area contributed by atoms with Crippen molar-refractivity contribution >= 4 is 0 Å². The SMILES string of the molecule is C=CCOCC[C@@H](CCC)NC[C@@H](O)[C@@H](N)Cc1cc(F)cc(F)c1. The highest BCUT2D eigenvalue weighted by atomic mass is 19.1. The Bertz CT molecular complexity index is 494. The number of nitrogens with two attached hydrogens (primary N) is 1. The Morgan fingerprint density at radius 2 is 1.96 bits per heavy atom. The van der Waals surface area contributed by atoms with Gasteiger partial charge < -0.3 is 20.9 Å². The second kappa shape index (κ2) is 12.1. The molecule has 0 saturated carbocycles. The lowest BCUT2D eigenvalue weighted by Gasteiger charge is -2.24. The smallest absolute Gasteiger partial charge is 0.126 e. The highest BCUT2D eigenvalue weighted by molar-refractivity contribution is 5.19. The van der Waals surface area contributed by atoms with Crippen molar-refractivity contribution in [2.24, 2.45) is 5.73 Å². The summed E-state index contributed by atoms with van der Waals surface area (Å²) in [5, 5.41) is 13.5. The number of halogens is 2. The molecular weight excluding hydrogens is 326 g/mol. The molecule has 0 aliphatic carbocycles. The van der Waals surface area contributed by atoms with Crippen LogP contribution in [0.3, 0.4) is 0 Å². The molecule has 0 aromatic heterocycles. The van der Waals surface area contributed by atoms with Gasteiger partial charge in [-0.2, -0.15) is 0 Å². The van der Waals surface area contributed by atoms with Crippen LogP contribution in [0.4, 0.5) is 8.78 Å². The van der Waals surface area contributed by atoms with Crippen molar-refractivity contribution in [3.05, 3.63) is 48.1 Å². The third-order valence-corrected chi connectivity index (χ3v) is 3.99. The molecule has 0 aliphatic rings. The van der Waals surface area contributed by atoms with Crippen LogP contribution in [-0.4, -0.2) is 43.1 Å². The first kappa shape index (κ1) is 21.7. The number of aliphatic hydroxyl groups is 1. The van der Waals surface area contributed by atoms with E-state index in [9.17, 15) is 13.9 Å². The summed E-state index contributed by atoms with van der Waals surface area (Å²) in [6.07, 6.45) is 3.93. The first-order valence-corrected chi connectivity index (χ1v) is 8.76. The van der Waals surface area contributed by atoms with Crippen LogP contribution in [0.15, 0.2) is 30.9 Å². The maximum absolute atomic E-state index is 13.2. The molecule has 0 fully saturated rings. The maximum Gasteiger partial charge on any atom is 0.126 e. The molecule has 142 valence electrons. The number of hydrogen-bond acceptors (Lipinski definition) is 4. The molecule has 4 nitrogen and oxygen atoms in total. The Balaban J connectivity index is 2.43. The standard InChI is InChI=1S/C19H30F2N2O2/c1-3-5-17(6-8-25-7-4-2)23-13-19(24)18(22)11-14-9-15(20)12-16(21)10-14/h4,9-10,12,17-19,23-24H,2-3,5-8,11,13,22H2,1H3/t17-,18+,19-/m1/s1. The molecule has 4 N–H and O–H groups in total. The molecule has 0 aliphatic heterocycles. The summed E-state index contributed by atoms with van der Waals surface area (Å²) in [6, 6.07) is 2.91. The van der Waals surface area contributed by atoms with Gasteiger partial charge in [-0.05, 0) is 37.0 Å². The van der Waals surface area contributed by atoms with Crippen LogP contribution < -0.4 is 11.1 Å². The van der Waals surface area contributed by atoms with Gasteiger partial charge in [0.05, 0.1) is 12.7 Å². The van der Waals surface area contributed by atoms with Crippen LogP contribution in [0.5, 0.6) is 0 Å². The molecule has 1 aromatic rings. The van der Waals surface area contributed by atoms with Crippen LogP contribution >= 0.6 is 0 Å². The first-order valence-electron chi connectivity index (χ1n) is 8.76. The number of ether oxygens (including phenoxy) is 1. The maximum atomic E-state index is 13.2. The monoisotopic (exact) mass is 356 g/mol. The Hall–Kier alpha value is -1.34. The van der Waals surface area contributed by atoms with Crippen LogP contribution in [0.1, 0.15) is 31.7 Å². The topological polar surface area (TPSA) is 67.5 Å². The Morgan fingerprint density at radius 1 is 1.28 bits per heavy atom. The molecule has 1 aromatic carbocycles. The van der Waals surface area contributed by atoms with Gasteiger partial charge in [-0.3, -0.25) is 0 Å². The van der Waals surface area contributed by atoms with E-state index in [1.165, 1.54) is 12.1 Å². The highest BCUT2D eigenvalue weighted by Gasteiger charge is 2.18. The zero-order valence-electron chi connectivity index (χ0n) is 14.9. The molecule has 0 amide bonds. The van der Waals surface area contributed by atoms with Crippen LogP contribution in [0.25, 0.3) is 0 Å². The molecule has 0 saturated heterocycles. The molecule has 0 unspecified atom stereocenters. The molecule has 3 atom stereocenters. The predicted molar refractivity (Wildman–Crippen MR) is 96.4 cm³/mol. The lowest BCUT2D eigenvalue weighted by molar-refractivity contribution is 0.125. The number of rotatable bonds is 13. The van der Waals surface area contributed by atoms with Gasteiger partial charge in [-0.15, -0.1) is 6.58 Å². The van der Waals surface area contributed by atoms with Gasteiger partial charge in [-0.25, -0.2) is 8.78 Å². The molecule has 0 heterocycles. The molecule has 0 radical (unpaired) electrons. The number of hydrogen-bond donors (Lipinski definition) is 3. The summed E-state index contributed by atoms with van der Waals surface area (Å²) in [7, 11) is 0. The molecule has 0 bridgehead atoms. The lowest BCUT2D eigenvalue weighted by Crippen LogP contribution is -2.45. The van der Waals surface area contributed by atoms with E-state index in [2.05, 4.69) is 18.8 Å². The van der Waals surface area contributed by atoms with Crippen LogP contribution in [-0.2, 0) is 11.2 Å². The second-order valence-electron chi connectivity index (χ2n) is 6.26. The van der Waals surface area contributed by atoms with E-state index in [-0.39, 0.29) is 12.5 Å². The van der Waals surface area contributed by atoms with Crippen molar-refractivity contribution < 1.29 is 18.6 Å². The minimum Gasteiger partial charge on any atom is -0.390 e. The van der Waals surface area contributed by atoms with Gasteiger partial charge in [0.1, 0.15) is 11.6 Å². The Labute approximate surface area is 149 Å². The van der Waals surface area contributed by atoms with Crippen molar-refractivity contribution in [1.29, 1.82) is 0 Å². The van der Waals surface area contributed by atoms with E-state index in [1.54, 1.807) is 6.08 Å². The first-order chi connectivity index (χ1) is 12.0. The average molecular weight is 356 g/mol. The number of nitrogens with one attached hydrogen (secondary N) is 1. The summed E-state index contributed by atoms with van der Waals surface area (Å²) >= 11 is 0. The fraction of sp³-hybridized carbons (Fsp3) is 0.579.